The standard InChI is InChI=1S/C14H17NO3/c16-12-8-9-15(11-12)14(17)7-4-10-18-13-5-2-1-3-6-13/h1-3,5-6H,4,7-11H2. The van der Waals surface area contributed by atoms with Gasteiger partial charge in [0.1, 0.15) is 5.75 Å². The molecule has 2 rings (SSSR count). The first-order valence-corrected chi connectivity index (χ1v) is 6.23. The van der Waals surface area contributed by atoms with Gasteiger partial charge in [0.2, 0.25) is 5.91 Å². The maximum atomic E-state index is 11.7. The SMILES string of the molecule is O=C1CCN(C(=O)CCCOc2ccccc2)C1. The zero-order valence-corrected chi connectivity index (χ0v) is 10.3. The zero-order chi connectivity index (χ0) is 12.8. The molecule has 1 aliphatic heterocycles. The first-order chi connectivity index (χ1) is 8.75. The number of carbonyl (C=O) groups is 2. The lowest BCUT2D eigenvalue weighted by molar-refractivity contribution is -0.131. The van der Waals surface area contributed by atoms with Crippen LogP contribution in [0.4, 0.5) is 0 Å². The van der Waals surface area contributed by atoms with Crippen molar-refractivity contribution in [1.29, 1.82) is 0 Å². The topological polar surface area (TPSA) is 46.6 Å². The van der Waals surface area contributed by atoms with Crippen LogP contribution in [0.5, 0.6) is 5.75 Å². The zero-order valence-electron chi connectivity index (χ0n) is 10.3. The number of Topliss-reactive ketones (excluding diaryl/α,β-unsaturated/α-hetero) is 1. The number of rotatable bonds is 5. The Morgan fingerprint density at radius 1 is 1.28 bits per heavy atom. The van der Waals surface area contributed by atoms with Crippen molar-refractivity contribution in [2.75, 3.05) is 19.7 Å². The van der Waals surface area contributed by atoms with Gasteiger partial charge in [0, 0.05) is 19.4 Å². The Kier molecular flexibility index (Phi) is 4.34. The lowest BCUT2D eigenvalue weighted by Crippen LogP contribution is -2.28. The number of hydrogen-bond donors (Lipinski definition) is 0. The second kappa shape index (κ2) is 6.19. The van der Waals surface area contributed by atoms with Gasteiger partial charge < -0.3 is 9.64 Å². The number of likely N-dealkylation sites (tertiary alicyclic amines) is 1. The van der Waals surface area contributed by atoms with Gasteiger partial charge in [-0.05, 0) is 18.6 Å². The predicted octanol–water partition coefficient (Wildman–Crippen LogP) is 1.65. The maximum absolute atomic E-state index is 11.7. The van der Waals surface area contributed by atoms with E-state index in [0.29, 0.717) is 39.0 Å². The summed E-state index contributed by atoms with van der Waals surface area (Å²) >= 11 is 0. The van der Waals surface area contributed by atoms with Crippen molar-refractivity contribution < 1.29 is 14.3 Å². The molecule has 0 atom stereocenters. The van der Waals surface area contributed by atoms with Gasteiger partial charge in [-0.2, -0.15) is 0 Å². The second-order valence-electron chi connectivity index (χ2n) is 4.37. The van der Waals surface area contributed by atoms with E-state index in [4.69, 9.17) is 4.74 Å². The molecule has 1 aliphatic rings. The van der Waals surface area contributed by atoms with Crippen molar-refractivity contribution in [3.8, 4) is 5.75 Å². The summed E-state index contributed by atoms with van der Waals surface area (Å²) in [5.41, 5.74) is 0. The Labute approximate surface area is 107 Å². The molecule has 4 nitrogen and oxygen atoms in total. The van der Waals surface area contributed by atoms with E-state index in [9.17, 15) is 9.59 Å². The number of benzene rings is 1. The summed E-state index contributed by atoms with van der Waals surface area (Å²) in [4.78, 5) is 24.4. The van der Waals surface area contributed by atoms with E-state index < -0.39 is 0 Å². The van der Waals surface area contributed by atoms with Crippen LogP contribution in [0.1, 0.15) is 19.3 Å². The molecule has 0 aliphatic carbocycles. The molecule has 0 bridgehead atoms. The van der Waals surface area contributed by atoms with E-state index in [1.807, 2.05) is 30.3 Å². The first kappa shape index (κ1) is 12.6. The van der Waals surface area contributed by atoms with Gasteiger partial charge in [-0.1, -0.05) is 18.2 Å². The van der Waals surface area contributed by atoms with Crippen molar-refractivity contribution in [1.82, 2.24) is 4.90 Å². The number of ketones is 1. The molecular formula is C14H17NO3. The molecule has 1 amide bonds. The van der Waals surface area contributed by atoms with Crippen LogP contribution in [0.25, 0.3) is 0 Å². The van der Waals surface area contributed by atoms with Gasteiger partial charge in [0.25, 0.3) is 0 Å². The fourth-order valence-electron chi connectivity index (χ4n) is 1.93. The number of amides is 1. The monoisotopic (exact) mass is 247 g/mol. The normalized spacial score (nSPS) is 14.9. The van der Waals surface area contributed by atoms with Crippen LogP contribution < -0.4 is 4.74 Å². The molecule has 0 N–H and O–H groups in total. The third-order valence-corrected chi connectivity index (χ3v) is 2.93. The maximum Gasteiger partial charge on any atom is 0.223 e. The molecule has 0 unspecified atom stereocenters. The summed E-state index contributed by atoms with van der Waals surface area (Å²) in [7, 11) is 0. The average molecular weight is 247 g/mol. The second-order valence-corrected chi connectivity index (χ2v) is 4.37. The van der Waals surface area contributed by atoms with E-state index in [1.165, 1.54) is 0 Å². The largest absolute Gasteiger partial charge is 0.494 e. The molecular weight excluding hydrogens is 230 g/mol. The highest BCUT2D eigenvalue weighted by molar-refractivity contribution is 5.89. The number of para-hydroxylation sites is 1. The number of carbonyl (C=O) groups excluding carboxylic acids is 2. The molecule has 0 saturated carbocycles. The molecule has 1 heterocycles. The number of ether oxygens (including phenoxy) is 1. The van der Waals surface area contributed by atoms with Crippen molar-refractivity contribution in [2.24, 2.45) is 0 Å². The summed E-state index contributed by atoms with van der Waals surface area (Å²) in [6.45, 7) is 1.40. The molecule has 0 radical (unpaired) electrons. The van der Waals surface area contributed by atoms with Crippen molar-refractivity contribution >= 4 is 11.7 Å². The van der Waals surface area contributed by atoms with E-state index in [-0.39, 0.29) is 11.7 Å². The van der Waals surface area contributed by atoms with Crippen molar-refractivity contribution in [3.63, 3.8) is 0 Å². The molecule has 1 saturated heterocycles. The van der Waals surface area contributed by atoms with E-state index >= 15 is 0 Å². The minimum Gasteiger partial charge on any atom is -0.494 e. The van der Waals surface area contributed by atoms with Gasteiger partial charge in [-0.3, -0.25) is 9.59 Å². The third-order valence-electron chi connectivity index (χ3n) is 2.93. The summed E-state index contributed by atoms with van der Waals surface area (Å²) in [5.74, 6) is 1.03. The quantitative estimate of drug-likeness (QED) is 0.743. The Balaban J connectivity index is 1.63. The molecule has 1 fully saturated rings. The van der Waals surface area contributed by atoms with Gasteiger partial charge in [-0.15, -0.1) is 0 Å². The lowest BCUT2D eigenvalue weighted by Gasteiger charge is -2.14. The molecule has 1 aromatic rings. The molecule has 96 valence electrons. The Hall–Kier alpha value is -1.84. The van der Waals surface area contributed by atoms with Crippen molar-refractivity contribution in [2.45, 2.75) is 19.3 Å². The first-order valence-electron chi connectivity index (χ1n) is 6.23. The van der Waals surface area contributed by atoms with E-state index in [1.54, 1.807) is 4.90 Å². The van der Waals surface area contributed by atoms with Gasteiger partial charge >= 0.3 is 0 Å². The summed E-state index contributed by atoms with van der Waals surface area (Å²) in [6.07, 6.45) is 1.63. The van der Waals surface area contributed by atoms with Crippen LogP contribution >= 0.6 is 0 Å². The van der Waals surface area contributed by atoms with Crippen LogP contribution in [-0.4, -0.2) is 36.3 Å². The molecule has 4 heteroatoms. The summed E-state index contributed by atoms with van der Waals surface area (Å²) in [5, 5.41) is 0. The fraction of sp³-hybridized carbons (Fsp3) is 0.429. The molecule has 0 spiro atoms. The number of nitrogens with zero attached hydrogens (tertiary/aromatic N) is 1. The van der Waals surface area contributed by atoms with Crippen LogP contribution in [0.2, 0.25) is 0 Å². The predicted molar refractivity (Wildman–Crippen MR) is 67.4 cm³/mol. The highest BCUT2D eigenvalue weighted by Crippen LogP contribution is 2.10. The van der Waals surface area contributed by atoms with Crippen LogP contribution in [0.15, 0.2) is 30.3 Å². The number of hydrogen-bond acceptors (Lipinski definition) is 3. The van der Waals surface area contributed by atoms with Gasteiger partial charge in [0.15, 0.2) is 5.78 Å². The van der Waals surface area contributed by atoms with Crippen LogP contribution in [0, 0.1) is 0 Å². The molecule has 18 heavy (non-hydrogen) atoms. The minimum absolute atomic E-state index is 0.0533. The summed E-state index contributed by atoms with van der Waals surface area (Å²) in [6, 6.07) is 9.54. The van der Waals surface area contributed by atoms with Crippen LogP contribution in [0.3, 0.4) is 0 Å². The molecule has 0 aromatic heterocycles. The Morgan fingerprint density at radius 3 is 2.72 bits per heavy atom. The summed E-state index contributed by atoms with van der Waals surface area (Å²) < 4.78 is 5.50. The van der Waals surface area contributed by atoms with E-state index in [2.05, 4.69) is 0 Å². The smallest absolute Gasteiger partial charge is 0.223 e. The Morgan fingerprint density at radius 2 is 2.06 bits per heavy atom. The highest BCUT2D eigenvalue weighted by Gasteiger charge is 2.23. The fourth-order valence-corrected chi connectivity index (χ4v) is 1.93. The van der Waals surface area contributed by atoms with E-state index in [0.717, 1.165) is 5.75 Å². The minimum atomic E-state index is 0.0533. The Bertz CT molecular complexity index is 416. The van der Waals surface area contributed by atoms with Gasteiger partial charge in [0.05, 0.1) is 13.2 Å². The lowest BCUT2D eigenvalue weighted by atomic mass is 10.3. The molecule has 1 aromatic carbocycles. The highest BCUT2D eigenvalue weighted by atomic mass is 16.5. The van der Waals surface area contributed by atoms with Crippen molar-refractivity contribution in [3.05, 3.63) is 30.3 Å². The van der Waals surface area contributed by atoms with Gasteiger partial charge in [-0.25, -0.2) is 0 Å². The van der Waals surface area contributed by atoms with Crippen LogP contribution in [-0.2, 0) is 9.59 Å². The third kappa shape index (κ3) is 3.58. The average Bonchev–Trinajstić information content (AvgIpc) is 2.82.